The maximum absolute atomic E-state index is 11.5. The number of benzene rings is 1. The van der Waals surface area contributed by atoms with Crippen molar-refractivity contribution in [3.05, 3.63) is 23.8 Å². The molecule has 6 heteroatoms. The lowest BCUT2D eigenvalue weighted by molar-refractivity contribution is -0.139. The Bertz CT molecular complexity index is 631. The van der Waals surface area contributed by atoms with Gasteiger partial charge in [-0.3, -0.25) is 14.5 Å². The number of hydrogen-bond acceptors (Lipinski definition) is 4. The average molecular weight is 244 g/mol. The molecule has 18 heavy (non-hydrogen) atoms. The number of carbonyl (C=O) groups excluding carboxylic acids is 2. The van der Waals surface area contributed by atoms with Gasteiger partial charge in [0.15, 0.2) is 0 Å². The van der Waals surface area contributed by atoms with Crippen LogP contribution in [0.25, 0.3) is 11.0 Å². The minimum absolute atomic E-state index is 0.0942. The Labute approximate surface area is 103 Å². The van der Waals surface area contributed by atoms with Crippen molar-refractivity contribution in [3.63, 3.8) is 0 Å². The maximum atomic E-state index is 11.5. The van der Waals surface area contributed by atoms with Crippen LogP contribution in [-0.2, 0) is 23.2 Å². The molecule has 2 heterocycles. The molecule has 1 aliphatic heterocycles. The van der Waals surface area contributed by atoms with Gasteiger partial charge in [-0.15, -0.1) is 5.10 Å². The Morgan fingerprint density at radius 1 is 1.22 bits per heavy atom. The SMILES string of the molecule is Cn1nnc2ccc(CN3C(=O)CCC3=O)cc21. The molecule has 2 amide bonds. The quantitative estimate of drug-likeness (QED) is 0.726. The Kier molecular flexibility index (Phi) is 2.36. The van der Waals surface area contributed by atoms with Gasteiger partial charge in [0, 0.05) is 19.9 Å². The van der Waals surface area contributed by atoms with Crippen LogP contribution in [-0.4, -0.2) is 31.7 Å². The molecule has 1 aromatic carbocycles. The second-order valence-corrected chi connectivity index (χ2v) is 4.41. The molecule has 0 atom stereocenters. The molecule has 0 aliphatic carbocycles. The van der Waals surface area contributed by atoms with Crippen LogP contribution >= 0.6 is 0 Å². The summed E-state index contributed by atoms with van der Waals surface area (Å²) in [4.78, 5) is 24.4. The van der Waals surface area contributed by atoms with Crippen LogP contribution in [0, 0.1) is 0 Å². The smallest absolute Gasteiger partial charge is 0.229 e. The number of imide groups is 1. The Balaban J connectivity index is 1.92. The molecule has 1 saturated heterocycles. The monoisotopic (exact) mass is 244 g/mol. The van der Waals surface area contributed by atoms with Gasteiger partial charge in [0.05, 0.1) is 12.1 Å². The van der Waals surface area contributed by atoms with E-state index in [4.69, 9.17) is 0 Å². The van der Waals surface area contributed by atoms with Crippen LogP contribution in [0.3, 0.4) is 0 Å². The highest BCUT2D eigenvalue weighted by Crippen LogP contribution is 2.18. The van der Waals surface area contributed by atoms with Gasteiger partial charge in [0.2, 0.25) is 11.8 Å². The van der Waals surface area contributed by atoms with E-state index in [0.29, 0.717) is 19.4 Å². The van der Waals surface area contributed by atoms with E-state index in [2.05, 4.69) is 10.3 Å². The number of nitrogens with zero attached hydrogens (tertiary/aromatic N) is 4. The normalized spacial score (nSPS) is 15.9. The lowest BCUT2D eigenvalue weighted by Gasteiger charge is -2.13. The Morgan fingerprint density at radius 3 is 2.67 bits per heavy atom. The molecule has 1 fully saturated rings. The summed E-state index contributed by atoms with van der Waals surface area (Å²) in [6.45, 7) is 0.332. The summed E-state index contributed by atoms with van der Waals surface area (Å²) in [5.41, 5.74) is 2.61. The topological polar surface area (TPSA) is 68.1 Å². The minimum Gasteiger partial charge on any atom is -0.278 e. The first-order chi connectivity index (χ1) is 8.65. The first-order valence-electron chi connectivity index (χ1n) is 5.76. The summed E-state index contributed by atoms with van der Waals surface area (Å²) in [6.07, 6.45) is 0.655. The number of fused-ring (bicyclic) bond motifs is 1. The Hall–Kier alpha value is -2.24. The molecule has 0 saturated carbocycles. The largest absolute Gasteiger partial charge is 0.278 e. The fourth-order valence-electron chi connectivity index (χ4n) is 2.16. The zero-order chi connectivity index (χ0) is 12.7. The second-order valence-electron chi connectivity index (χ2n) is 4.41. The van der Waals surface area contributed by atoms with Gasteiger partial charge in [0.25, 0.3) is 0 Å². The summed E-state index contributed by atoms with van der Waals surface area (Å²) < 4.78 is 1.67. The lowest BCUT2D eigenvalue weighted by Crippen LogP contribution is -2.28. The molecule has 1 aromatic heterocycles. The van der Waals surface area contributed by atoms with E-state index < -0.39 is 0 Å². The van der Waals surface area contributed by atoms with Crippen molar-refractivity contribution in [1.29, 1.82) is 0 Å². The van der Waals surface area contributed by atoms with Crippen molar-refractivity contribution in [1.82, 2.24) is 19.9 Å². The van der Waals surface area contributed by atoms with Gasteiger partial charge >= 0.3 is 0 Å². The van der Waals surface area contributed by atoms with E-state index in [9.17, 15) is 9.59 Å². The van der Waals surface area contributed by atoms with Crippen molar-refractivity contribution in [2.24, 2.45) is 7.05 Å². The highest BCUT2D eigenvalue weighted by atomic mass is 16.2. The molecule has 1 aliphatic rings. The number of amides is 2. The van der Waals surface area contributed by atoms with Crippen molar-refractivity contribution in [3.8, 4) is 0 Å². The first kappa shape index (κ1) is 10.9. The summed E-state index contributed by atoms with van der Waals surface area (Å²) >= 11 is 0. The number of hydrogen-bond donors (Lipinski definition) is 0. The lowest BCUT2D eigenvalue weighted by atomic mass is 10.2. The molecule has 0 spiro atoms. The summed E-state index contributed by atoms with van der Waals surface area (Å²) in [5, 5.41) is 7.90. The standard InChI is InChI=1S/C12H12N4O2/c1-15-10-6-8(2-3-9(10)13-14-15)7-16-11(17)4-5-12(16)18/h2-3,6H,4-5,7H2,1H3. The van der Waals surface area contributed by atoms with Crippen molar-refractivity contribution < 1.29 is 9.59 Å². The summed E-state index contributed by atoms with van der Waals surface area (Å²) in [6, 6.07) is 5.63. The van der Waals surface area contributed by atoms with E-state index in [1.807, 2.05) is 25.2 Å². The van der Waals surface area contributed by atoms with Gasteiger partial charge in [-0.1, -0.05) is 11.3 Å². The molecule has 6 nitrogen and oxygen atoms in total. The zero-order valence-corrected chi connectivity index (χ0v) is 9.96. The molecule has 2 aromatic rings. The third kappa shape index (κ3) is 1.66. The molecule has 0 radical (unpaired) electrons. The molecule has 3 rings (SSSR count). The summed E-state index contributed by atoms with van der Waals surface area (Å²) in [5.74, 6) is -0.188. The van der Waals surface area contributed by atoms with Gasteiger partial charge in [-0.2, -0.15) is 0 Å². The van der Waals surface area contributed by atoms with Crippen LogP contribution < -0.4 is 0 Å². The van der Waals surface area contributed by atoms with Crippen LogP contribution in [0.4, 0.5) is 0 Å². The fraction of sp³-hybridized carbons (Fsp3) is 0.333. The van der Waals surface area contributed by atoms with Crippen molar-refractivity contribution >= 4 is 22.8 Å². The molecule has 0 bridgehead atoms. The van der Waals surface area contributed by atoms with Gasteiger partial charge in [0.1, 0.15) is 5.52 Å². The minimum atomic E-state index is -0.0942. The summed E-state index contributed by atoms with van der Waals surface area (Å²) in [7, 11) is 1.81. The highest BCUT2D eigenvalue weighted by Gasteiger charge is 2.28. The molecule has 92 valence electrons. The predicted molar refractivity (Wildman–Crippen MR) is 63.3 cm³/mol. The van der Waals surface area contributed by atoms with E-state index in [1.165, 1.54) is 4.90 Å². The van der Waals surface area contributed by atoms with Crippen LogP contribution in [0.15, 0.2) is 18.2 Å². The van der Waals surface area contributed by atoms with Crippen molar-refractivity contribution in [2.45, 2.75) is 19.4 Å². The number of aromatic nitrogens is 3. The first-order valence-corrected chi connectivity index (χ1v) is 5.76. The molecular formula is C12H12N4O2. The zero-order valence-electron chi connectivity index (χ0n) is 9.96. The average Bonchev–Trinajstić information content (AvgIpc) is 2.88. The van der Waals surface area contributed by atoms with E-state index in [1.54, 1.807) is 4.68 Å². The number of carbonyl (C=O) groups is 2. The maximum Gasteiger partial charge on any atom is 0.229 e. The van der Waals surface area contributed by atoms with Gasteiger partial charge in [-0.05, 0) is 17.7 Å². The van der Waals surface area contributed by atoms with E-state index in [-0.39, 0.29) is 11.8 Å². The molecular weight excluding hydrogens is 232 g/mol. The number of aryl methyl sites for hydroxylation is 1. The third-order valence-electron chi connectivity index (χ3n) is 3.17. The number of likely N-dealkylation sites (tertiary alicyclic amines) is 1. The van der Waals surface area contributed by atoms with Gasteiger partial charge < -0.3 is 0 Å². The van der Waals surface area contributed by atoms with Crippen molar-refractivity contribution in [2.75, 3.05) is 0 Å². The van der Waals surface area contributed by atoms with Crippen LogP contribution in [0.2, 0.25) is 0 Å². The predicted octanol–water partition coefficient (Wildman–Crippen LogP) is 0.617. The second kappa shape index (κ2) is 3.90. The fourth-order valence-corrected chi connectivity index (χ4v) is 2.16. The molecule has 0 N–H and O–H groups in total. The molecule has 0 unspecified atom stereocenters. The third-order valence-corrected chi connectivity index (χ3v) is 3.17. The Morgan fingerprint density at radius 2 is 1.94 bits per heavy atom. The number of rotatable bonds is 2. The van der Waals surface area contributed by atoms with E-state index in [0.717, 1.165) is 16.6 Å². The van der Waals surface area contributed by atoms with Gasteiger partial charge in [-0.25, -0.2) is 4.68 Å². The van der Waals surface area contributed by atoms with Crippen LogP contribution in [0.1, 0.15) is 18.4 Å². The van der Waals surface area contributed by atoms with E-state index >= 15 is 0 Å². The highest BCUT2D eigenvalue weighted by molar-refractivity contribution is 6.01. The van der Waals surface area contributed by atoms with Crippen LogP contribution in [0.5, 0.6) is 0 Å².